The van der Waals surface area contributed by atoms with Gasteiger partial charge in [0.15, 0.2) is 0 Å². The van der Waals surface area contributed by atoms with E-state index in [0.717, 1.165) is 13.1 Å². The second kappa shape index (κ2) is 12.4. The highest BCUT2D eigenvalue weighted by Crippen LogP contribution is 2.28. The van der Waals surface area contributed by atoms with Crippen LogP contribution in [0.3, 0.4) is 0 Å². The zero-order chi connectivity index (χ0) is 16.3. The number of carbonyl (C=O) groups is 1. The van der Waals surface area contributed by atoms with Crippen LogP contribution in [0.15, 0.2) is 30.3 Å². The van der Waals surface area contributed by atoms with Crippen LogP contribution in [0.5, 0.6) is 0 Å². The van der Waals surface area contributed by atoms with E-state index in [4.69, 9.17) is 0 Å². The van der Waals surface area contributed by atoms with Gasteiger partial charge in [0.1, 0.15) is 0 Å². The molecule has 1 aliphatic heterocycles. The van der Waals surface area contributed by atoms with E-state index in [2.05, 4.69) is 36.1 Å². The van der Waals surface area contributed by atoms with Crippen molar-refractivity contribution in [3.05, 3.63) is 35.9 Å². The highest BCUT2D eigenvalue weighted by atomic mass is 35.5. The molecule has 1 saturated heterocycles. The molecule has 1 heterocycles. The van der Waals surface area contributed by atoms with E-state index >= 15 is 0 Å². The molecule has 1 aromatic carbocycles. The Morgan fingerprint density at radius 1 is 0.917 bits per heavy atom. The standard InChI is InChI=1S/C21H33NO.ClH/c1-2-3-4-5-6-7-8-9-13-16-22-18-20(17-21(22)23)19-14-11-10-12-15-19;/h10-12,14-15,20H,2-9,13,16-18H2,1H3;1H. The molecule has 0 N–H and O–H groups in total. The number of benzene rings is 1. The summed E-state index contributed by atoms with van der Waals surface area (Å²) in [5.74, 6) is 0.751. The van der Waals surface area contributed by atoms with Crippen molar-refractivity contribution in [3.8, 4) is 0 Å². The van der Waals surface area contributed by atoms with Crippen molar-refractivity contribution in [2.75, 3.05) is 13.1 Å². The molecule has 2 rings (SSSR count). The molecule has 1 aliphatic rings. The summed E-state index contributed by atoms with van der Waals surface area (Å²) in [6.07, 6.45) is 12.7. The molecular weight excluding hydrogens is 318 g/mol. The Morgan fingerprint density at radius 2 is 1.50 bits per heavy atom. The van der Waals surface area contributed by atoms with Gasteiger partial charge >= 0.3 is 0 Å². The number of rotatable bonds is 11. The van der Waals surface area contributed by atoms with Crippen molar-refractivity contribution in [1.29, 1.82) is 0 Å². The molecule has 24 heavy (non-hydrogen) atoms. The molecule has 136 valence electrons. The van der Waals surface area contributed by atoms with Crippen LogP contribution in [0.4, 0.5) is 0 Å². The Hall–Kier alpha value is -1.02. The lowest BCUT2D eigenvalue weighted by Crippen LogP contribution is -2.26. The first kappa shape index (κ1) is 21.0. The molecule has 1 unspecified atom stereocenters. The summed E-state index contributed by atoms with van der Waals surface area (Å²) in [6, 6.07) is 10.5. The topological polar surface area (TPSA) is 20.3 Å². The number of hydrogen-bond donors (Lipinski definition) is 0. The second-order valence-corrected chi connectivity index (χ2v) is 6.98. The van der Waals surface area contributed by atoms with Crippen LogP contribution in [0.1, 0.15) is 82.6 Å². The van der Waals surface area contributed by atoms with Crippen molar-refractivity contribution in [3.63, 3.8) is 0 Å². The first-order valence-corrected chi connectivity index (χ1v) is 9.64. The van der Waals surface area contributed by atoms with Gasteiger partial charge in [-0.25, -0.2) is 0 Å². The highest BCUT2D eigenvalue weighted by molar-refractivity contribution is 5.85. The van der Waals surface area contributed by atoms with Gasteiger partial charge in [0.25, 0.3) is 0 Å². The zero-order valence-electron chi connectivity index (χ0n) is 15.2. The summed E-state index contributed by atoms with van der Waals surface area (Å²) < 4.78 is 0. The van der Waals surface area contributed by atoms with Gasteiger partial charge in [0.2, 0.25) is 5.91 Å². The van der Waals surface area contributed by atoms with Crippen molar-refractivity contribution in [2.24, 2.45) is 0 Å². The van der Waals surface area contributed by atoms with Crippen LogP contribution in [-0.2, 0) is 4.79 Å². The predicted molar refractivity (Wildman–Crippen MR) is 105 cm³/mol. The minimum absolute atomic E-state index is 0. The number of hydrogen-bond acceptors (Lipinski definition) is 1. The summed E-state index contributed by atoms with van der Waals surface area (Å²) in [5.41, 5.74) is 1.32. The second-order valence-electron chi connectivity index (χ2n) is 6.98. The Labute approximate surface area is 154 Å². The molecule has 1 aromatic rings. The molecule has 0 radical (unpaired) electrons. The minimum atomic E-state index is 0. The van der Waals surface area contributed by atoms with E-state index in [0.29, 0.717) is 18.2 Å². The lowest BCUT2D eigenvalue weighted by molar-refractivity contribution is -0.127. The maximum absolute atomic E-state index is 12.2. The van der Waals surface area contributed by atoms with Crippen molar-refractivity contribution >= 4 is 18.3 Å². The zero-order valence-corrected chi connectivity index (χ0v) is 16.0. The summed E-state index contributed by atoms with van der Waals surface area (Å²) in [6.45, 7) is 4.14. The quantitative estimate of drug-likeness (QED) is 0.451. The van der Waals surface area contributed by atoms with Gasteiger partial charge in [-0.1, -0.05) is 88.6 Å². The molecule has 0 aliphatic carbocycles. The normalized spacial score (nSPS) is 17.1. The van der Waals surface area contributed by atoms with E-state index < -0.39 is 0 Å². The Morgan fingerprint density at radius 3 is 2.12 bits per heavy atom. The fourth-order valence-corrected chi connectivity index (χ4v) is 3.55. The van der Waals surface area contributed by atoms with Gasteiger partial charge in [0, 0.05) is 25.4 Å². The maximum Gasteiger partial charge on any atom is 0.223 e. The molecule has 1 amide bonds. The third kappa shape index (κ3) is 7.25. The molecule has 1 fully saturated rings. The Kier molecular flexibility index (Phi) is 10.8. The summed E-state index contributed by atoms with van der Waals surface area (Å²) in [4.78, 5) is 14.2. The van der Waals surface area contributed by atoms with Gasteiger partial charge in [-0.15, -0.1) is 12.4 Å². The van der Waals surface area contributed by atoms with Crippen molar-refractivity contribution in [1.82, 2.24) is 4.90 Å². The molecular formula is C21H34ClNO. The smallest absolute Gasteiger partial charge is 0.223 e. The van der Waals surface area contributed by atoms with E-state index in [-0.39, 0.29) is 12.4 Å². The number of nitrogens with zero attached hydrogens (tertiary/aromatic N) is 1. The molecule has 0 spiro atoms. The van der Waals surface area contributed by atoms with Crippen LogP contribution in [0, 0.1) is 0 Å². The van der Waals surface area contributed by atoms with Crippen LogP contribution < -0.4 is 0 Å². The summed E-state index contributed by atoms with van der Waals surface area (Å²) >= 11 is 0. The average molecular weight is 352 g/mol. The van der Waals surface area contributed by atoms with E-state index in [1.165, 1.54) is 63.4 Å². The van der Waals surface area contributed by atoms with Crippen LogP contribution in [-0.4, -0.2) is 23.9 Å². The van der Waals surface area contributed by atoms with Gasteiger partial charge in [0.05, 0.1) is 0 Å². The number of carbonyl (C=O) groups excluding carboxylic acids is 1. The van der Waals surface area contributed by atoms with Crippen LogP contribution in [0.2, 0.25) is 0 Å². The lowest BCUT2D eigenvalue weighted by Gasteiger charge is -2.16. The molecule has 0 bridgehead atoms. The van der Waals surface area contributed by atoms with E-state index in [1.54, 1.807) is 0 Å². The third-order valence-corrected chi connectivity index (χ3v) is 5.02. The molecule has 0 aromatic heterocycles. The largest absolute Gasteiger partial charge is 0.342 e. The predicted octanol–water partition coefficient (Wildman–Crippen LogP) is 5.96. The maximum atomic E-state index is 12.2. The molecule has 3 heteroatoms. The minimum Gasteiger partial charge on any atom is -0.342 e. The Balaban J connectivity index is 0.00000288. The first-order chi connectivity index (χ1) is 11.3. The fourth-order valence-electron chi connectivity index (χ4n) is 3.55. The third-order valence-electron chi connectivity index (χ3n) is 5.02. The SMILES string of the molecule is CCCCCCCCCCCN1CC(c2ccccc2)CC1=O.Cl. The van der Waals surface area contributed by atoms with Crippen molar-refractivity contribution in [2.45, 2.75) is 77.0 Å². The molecule has 1 atom stereocenters. The monoisotopic (exact) mass is 351 g/mol. The van der Waals surface area contributed by atoms with Gasteiger partial charge in [-0.05, 0) is 12.0 Å². The molecule has 2 nitrogen and oxygen atoms in total. The summed E-state index contributed by atoms with van der Waals surface area (Å²) in [7, 11) is 0. The van der Waals surface area contributed by atoms with E-state index in [1.807, 2.05) is 6.07 Å². The number of halogens is 1. The van der Waals surface area contributed by atoms with Gasteiger partial charge < -0.3 is 4.90 Å². The number of likely N-dealkylation sites (tertiary alicyclic amines) is 1. The first-order valence-electron chi connectivity index (χ1n) is 9.64. The average Bonchev–Trinajstić information content (AvgIpc) is 2.95. The summed E-state index contributed by atoms with van der Waals surface area (Å²) in [5, 5.41) is 0. The van der Waals surface area contributed by atoms with Gasteiger partial charge in [-0.2, -0.15) is 0 Å². The Bertz CT molecular complexity index is 448. The number of unbranched alkanes of at least 4 members (excludes halogenated alkanes) is 8. The van der Waals surface area contributed by atoms with Gasteiger partial charge in [-0.3, -0.25) is 4.79 Å². The fraction of sp³-hybridized carbons (Fsp3) is 0.667. The lowest BCUT2D eigenvalue weighted by atomic mass is 9.99. The van der Waals surface area contributed by atoms with E-state index in [9.17, 15) is 4.79 Å². The number of amides is 1. The van der Waals surface area contributed by atoms with Crippen LogP contribution >= 0.6 is 12.4 Å². The molecule has 0 saturated carbocycles. The highest BCUT2D eigenvalue weighted by Gasteiger charge is 2.29. The van der Waals surface area contributed by atoms with Crippen molar-refractivity contribution < 1.29 is 4.79 Å². The van der Waals surface area contributed by atoms with Crippen LogP contribution in [0.25, 0.3) is 0 Å².